The van der Waals surface area contributed by atoms with Crippen LogP contribution in [0.2, 0.25) is 0 Å². The van der Waals surface area contributed by atoms with E-state index in [1.54, 1.807) is 7.05 Å². The number of hydrogen-bond acceptors (Lipinski definition) is 7. The average Bonchev–Trinajstić information content (AvgIpc) is 3.00. The third-order valence-electron chi connectivity index (χ3n) is 3.36. The molecule has 0 bridgehead atoms. The zero-order chi connectivity index (χ0) is 16.1. The summed E-state index contributed by atoms with van der Waals surface area (Å²) in [7, 11) is 1.62. The van der Waals surface area contributed by atoms with Crippen LogP contribution in [0.5, 0.6) is 0 Å². The molecule has 1 saturated heterocycles. The van der Waals surface area contributed by atoms with E-state index in [1.807, 2.05) is 18.7 Å². The number of carbonyl (C=O) groups excluding carboxylic acids is 2. The first-order chi connectivity index (χ1) is 10.5. The van der Waals surface area contributed by atoms with Crippen LogP contribution < -0.4 is 10.2 Å². The highest BCUT2D eigenvalue weighted by Crippen LogP contribution is 2.28. The van der Waals surface area contributed by atoms with Gasteiger partial charge in [-0.1, -0.05) is 36.9 Å². The third kappa shape index (κ3) is 4.33. The number of rotatable bonds is 5. The lowest BCUT2D eigenvalue weighted by Crippen LogP contribution is -2.49. The number of anilines is 1. The van der Waals surface area contributed by atoms with E-state index in [4.69, 9.17) is 0 Å². The first-order valence-electron chi connectivity index (χ1n) is 7.22. The lowest BCUT2D eigenvalue weighted by atomic mass is 10.2. The van der Waals surface area contributed by atoms with Gasteiger partial charge in [0.1, 0.15) is 0 Å². The second-order valence-corrected chi connectivity index (χ2v) is 7.46. The Hall–Kier alpha value is -1.35. The number of carbonyl (C=O) groups is 2. The second kappa shape index (κ2) is 7.77. The summed E-state index contributed by atoms with van der Waals surface area (Å²) < 4.78 is 0.791. The highest BCUT2D eigenvalue weighted by Gasteiger charge is 2.24. The molecule has 2 rings (SSSR count). The minimum Gasteiger partial charge on any atom is -0.358 e. The minimum atomic E-state index is -0.0254. The zero-order valence-electron chi connectivity index (χ0n) is 13.0. The van der Waals surface area contributed by atoms with E-state index >= 15 is 0 Å². The first kappa shape index (κ1) is 17.0. The summed E-state index contributed by atoms with van der Waals surface area (Å²) in [6.45, 7) is 6.83. The fourth-order valence-corrected chi connectivity index (χ4v) is 3.84. The van der Waals surface area contributed by atoms with Crippen molar-refractivity contribution in [2.45, 2.75) is 18.2 Å². The van der Waals surface area contributed by atoms with Crippen LogP contribution in [-0.2, 0) is 9.59 Å². The molecule has 0 saturated carbocycles. The summed E-state index contributed by atoms with van der Waals surface area (Å²) in [6.07, 6.45) is 0. The van der Waals surface area contributed by atoms with Gasteiger partial charge in [0.2, 0.25) is 16.9 Å². The van der Waals surface area contributed by atoms with Crippen LogP contribution in [0, 0.1) is 5.92 Å². The summed E-state index contributed by atoms with van der Waals surface area (Å²) in [5.41, 5.74) is 0. The molecule has 122 valence electrons. The molecule has 0 atom stereocenters. The number of nitrogens with one attached hydrogen (secondary N) is 1. The Morgan fingerprint density at radius 3 is 2.55 bits per heavy atom. The molecule has 1 N–H and O–H groups in total. The molecule has 22 heavy (non-hydrogen) atoms. The van der Waals surface area contributed by atoms with E-state index < -0.39 is 0 Å². The molecular formula is C13H21N5O2S2. The molecule has 2 heterocycles. The van der Waals surface area contributed by atoms with E-state index in [-0.39, 0.29) is 17.7 Å². The van der Waals surface area contributed by atoms with Crippen molar-refractivity contribution in [1.29, 1.82) is 0 Å². The molecule has 0 aromatic carbocycles. The van der Waals surface area contributed by atoms with Gasteiger partial charge in [-0.15, -0.1) is 10.2 Å². The van der Waals surface area contributed by atoms with Gasteiger partial charge in [-0.05, 0) is 0 Å². The lowest BCUT2D eigenvalue weighted by molar-refractivity contribution is -0.134. The number of nitrogens with zero attached hydrogens (tertiary/aromatic N) is 4. The molecule has 1 aromatic heterocycles. The van der Waals surface area contributed by atoms with E-state index in [9.17, 15) is 9.59 Å². The molecule has 1 aliphatic rings. The van der Waals surface area contributed by atoms with Crippen molar-refractivity contribution in [2.75, 3.05) is 43.9 Å². The van der Waals surface area contributed by atoms with E-state index in [0.717, 1.165) is 35.7 Å². The van der Waals surface area contributed by atoms with Crippen molar-refractivity contribution >= 4 is 40.0 Å². The highest BCUT2D eigenvalue weighted by atomic mass is 32.2. The van der Waals surface area contributed by atoms with Gasteiger partial charge in [-0.3, -0.25) is 9.59 Å². The predicted octanol–water partition coefficient (Wildman–Crippen LogP) is 0.681. The molecule has 0 spiro atoms. The predicted molar refractivity (Wildman–Crippen MR) is 88.3 cm³/mol. The number of thioether (sulfide) groups is 1. The van der Waals surface area contributed by atoms with Crippen LogP contribution in [-0.4, -0.2) is 65.9 Å². The molecule has 2 amide bonds. The Labute approximate surface area is 138 Å². The fraction of sp³-hybridized carbons (Fsp3) is 0.692. The highest BCUT2D eigenvalue weighted by molar-refractivity contribution is 8.01. The van der Waals surface area contributed by atoms with Crippen LogP contribution in [0.25, 0.3) is 0 Å². The fourth-order valence-electron chi connectivity index (χ4n) is 2.07. The summed E-state index contributed by atoms with van der Waals surface area (Å²) in [4.78, 5) is 27.2. The van der Waals surface area contributed by atoms with Gasteiger partial charge in [0.15, 0.2) is 4.34 Å². The Morgan fingerprint density at radius 1 is 1.27 bits per heavy atom. The van der Waals surface area contributed by atoms with Crippen molar-refractivity contribution < 1.29 is 9.59 Å². The molecule has 0 aliphatic carbocycles. The molecule has 7 nitrogen and oxygen atoms in total. The van der Waals surface area contributed by atoms with Gasteiger partial charge in [0, 0.05) is 39.1 Å². The van der Waals surface area contributed by atoms with Gasteiger partial charge in [0.05, 0.1) is 5.75 Å². The van der Waals surface area contributed by atoms with Gasteiger partial charge < -0.3 is 15.1 Å². The number of piperazine rings is 1. The van der Waals surface area contributed by atoms with Crippen LogP contribution in [0.4, 0.5) is 5.13 Å². The van der Waals surface area contributed by atoms with Crippen LogP contribution in [0.1, 0.15) is 13.8 Å². The van der Waals surface area contributed by atoms with Crippen LogP contribution in [0.15, 0.2) is 4.34 Å². The maximum absolute atomic E-state index is 12.0. The SMILES string of the molecule is CNC(=O)CSc1nnc(N2CCN(C(=O)C(C)C)CC2)s1. The third-order valence-corrected chi connectivity index (χ3v) is 5.47. The molecule has 0 radical (unpaired) electrons. The summed E-state index contributed by atoms with van der Waals surface area (Å²) in [6, 6.07) is 0. The van der Waals surface area contributed by atoms with E-state index in [1.165, 1.54) is 23.1 Å². The Morgan fingerprint density at radius 2 is 1.95 bits per heavy atom. The standard InChI is InChI=1S/C13H21N5O2S2/c1-9(2)11(20)17-4-6-18(7-5-17)12-15-16-13(22-12)21-8-10(19)14-3/h9H,4-8H2,1-3H3,(H,14,19). The monoisotopic (exact) mass is 343 g/mol. The van der Waals surface area contributed by atoms with Crippen molar-refractivity contribution in [3.63, 3.8) is 0 Å². The smallest absolute Gasteiger partial charge is 0.230 e. The number of hydrogen-bond donors (Lipinski definition) is 1. The molecule has 0 unspecified atom stereocenters. The minimum absolute atomic E-state index is 0.0254. The summed E-state index contributed by atoms with van der Waals surface area (Å²) in [5, 5.41) is 11.7. The van der Waals surface area contributed by atoms with Gasteiger partial charge >= 0.3 is 0 Å². The maximum atomic E-state index is 12.0. The Kier molecular flexibility index (Phi) is 6.01. The molecule has 1 fully saturated rings. The summed E-state index contributed by atoms with van der Waals surface area (Å²) in [5.74, 6) is 0.573. The van der Waals surface area contributed by atoms with Gasteiger partial charge in [0.25, 0.3) is 0 Å². The average molecular weight is 343 g/mol. The van der Waals surface area contributed by atoms with Crippen LogP contribution >= 0.6 is 23.1 Å². The van der Waals surface area contributed by atoms with E-state index in [2.05, 4.69) is 20.4 Å². The lowest BCUT2D eigenvalue weighted by Gasteiger charge is -2.35. The van der Waals surface area contributed by atoms with Crippen LogP contribution in [0.3, 0.4) is 0 Å². The maximum Gasteiger partial charge on any atom is 0.230 e. The number of aromatic nitrogens is 2. The van der Waals surface area contributed by atoms with Gasteiger partial charge in [-0.25, -0.2) is 0 Å². The van der Waals surface area contributed by atoms with Gasteiger partial charge in [-0.2, -0.15) is 0 Å². The Bertz CT molecular complexity index is 526. The van der Waals surface area contributed by atoms with E-state index in [0.29, 0.717) is 5.75 Å². The largest absolute Gasteiger partial charge is 0.358 e. The van der Waals surface area contributed by atoms with Crippen molar-refractivity contribution in [3.05, 3.63) is 0 Å². The number of amides is 2. The second-order valence-electron chi connectivity index (χ2n) is 5.28. The molecule has 9 heteroatoms. The molecular weight excluding hydrogens is 322 g/mol. The zero-order valence-corrected chi connectivity index (χ0v) is 14.7. The van der Waals surface area contributed by atoms with Crippen molar-refractivity contribution in [2.24, 2.45) is 5.92 Å². The summed E-state index contributed by atoms with van der Waals surface area (Å²) >= 11 is 2.88. The molecule has 1 aromatic rings. The molecule has 1 aliphatic heterocycles. The topological polar surface area (TPSA) is 78.4 Å². The Balaban J connectivity index is 1.85. The normalized spacial score (nSPS) is 15.3. The van der Waals surface area contributed by atoms with Crippen molar-refractivity contribution in [3.8, 4) is 0 Å². The van der Waals surface area contributed by atoms with Crippen molar-refractivity contribution in [1.82, 2.24) is 20.4 Å². The first-order valence-corrected chi connectivity index (χ1v) is 9.02. The quantitative estimate of drug-likeness (QED) is 0.792.